The molecular weight excluding hydrogens is 236 g/mol. The molecule has 0 aromatic carbocycles. The molecule has 16 heavy (non-hydrogen) atoms. The zero-order chi connectivity index (χ0) is 11.6. The minimum absolute atomic E-state index is 0.102. The second-order valence-electron chi connectivity index (χ2n) is 4.72. The molecule has 0 spiro atoms. The first-order valence-corrected chi connectivity index (χ1v) is 7.87. The van der Waals surface area contributed by atoms with E-state index in [2.05, 4.69) is 48.2 Å². The Morgan fingerprint density at radius 1 is 1.56 bits per heavy atom. The SMILES string of the molecule is CC(C)NC1(c2nccs2)CCCSC1C. The second-order valence-corrected chi connectivity index (χ2v) is 7.07. The van der Waals surface area contributed by atoms with Gasteiger partial charge in [-0.05, 0) is 32.4 Å². The van der Waals surface area contributed by atoms with Crippen molar-refractivity contribution in [2.45, 2.75) is 50.4 Å². The molecule has 0 bridgehead atoms. The highest BCUT2D eigenvalue weighted by Gasteiger charge is 2.42. The van der Waals surface area contributed by atoms with Crippen LogP contribution in [-0.4, -0.2) is 22.0 Å². The van der Waals surface area contributed by atoms with Crippen LogP contribution in [0.25, 0.3) is 0 Å². The Morgan fingerprint density at radius 2 is 2.38 bits per heavy atom. The van der Waals surface area contributed by atoms with Gasteiger partial charge in [0.05, 0.1) is 5.54 Å². The first-order chi connectivity index (χ1) is 7.65. The summed E-state index contributed by atoms with van der Waals surface area (Å²) in [5.74, 6) is 1.29. The van der Waals surface area contributed by atoms with Crippen LogP contribution in [0.5, 0.6) is 0 Å². The Bertz CT molecular complexity index is 324. The molecule has 2 rings (SSSR count). The van der Waals surface area contributed by atoms with E-state index in [1.165, 1.54) is 23.6 Å². The van der Waals surface area contributed by atoms with Crippen molar-refractivity contribution in [2.24, 2.45) is 0 Å². The lowest BCUT2D eigenvalue weighted by atomic mass is 9.89. The average Bonchev–Trinajstić information content (AvgIpc) is 2.74. The molecule has 2 atom stereocenters. The normalized spacial score (nSPS) is 30.9. The number of thioether (sulfide) groups is 1. The van der Waals surface area contributed by atoms with Gasteiger partial charge in [-0.3, -0.25) is 0 Å². The Hall–Kier alpha value is -0.0600. The van der Waals surface area contributed by atoms with Crippen molar-refractivity contribution in [3.63, 3.8) is 0 Å². The van der Waals surface area contributed by atoms with Gasteiger partial charge >= 0.3 is 0 Å². The molecule has 0 amide bonds. The van der Waals surface area contributed by atoms with E-state index < -0.39 is 0 Å². The van der Waals surface area contributed by atoms with E-state index in [0.29, 0.717) is 11.3 Å². The predicted octanol–water partition coefficient (Wildman–Crippen LogP) is 3.25. The van der Waals surface area contributed by atoms with E-state index in [1.807, 2.05) is 6.20 Å². The smallest absolute Gasteiger partial charge is 0.114 e. The minimum atomic E-state index is 0.102. The van der Waals surface area contributed by atoms with Crippen LogP contribution in [0.15, 0.2) is 11.6 Å². The van der Waals surface area contributed by atoms with E-state index >= 15 is 0 Å². The fraction of sp³-hybridized carbons (Fsp3) is 0.750. The summed E-state index contributed by atoms with van der Waals surface area (Å²) in [6, 6.07) is 0.505. The van der Waals surface area contributed by atoms with Crippen LogP contribution >= 0.6 is 23.1 Å². The van der Waals surface area contributed by atoms with Gasteiger partial charge in [-0.25, -0.2) is 4.98 Å². The molecule has 1 fully saturated rings. The van der Waals surface area contributed by atoms with E-state index in [-0.39, 0.29) is 5.54 Å². The van der Waals surface area contributed by atoms with E-state index in [0.717, 1.165) is 0 Å². The number of hydrogen-bond donors (Lipinski definition) is 1. The monoisotopic (exact) mass is 256 g/mol. The molecular formula is C12H20N2S2. The molecule has 1 saturated heterocycles. The molecule has 90 valence electrons. The van der Waals surface area contributed by atoms with Crippen molar-refractivity contribution >= 4 is 23.1 Å². The topological polar surface area (TPSA) is 24.9 Å². The van der Waals surface area contributed by atoms with Crippen molar-refractivity contribution in [3.8, 4) is 0 Å². The number of nitrogens with one attached hydrogen (secondary N) is 1. The van der Waals surface area contributed by atoms with Crippen LogP contribution < -0.4 is 5.32 Å². The lowest BCUT2D eigenvalue weighted by molar-refractivity contribution is 0.271. The minimum Gasteiger partial charge on any atom is -0.302 e. The summed E-state index contributed by atoms with van der Waals surface area (Å²) in [4.78, 5) is 4.56. The molecule has 1 aromatic heterocycles. The van der Waals surface area contributed by atoms with Crippen molar-refractivity contribution in [2.75, 3.05) is 5.75 Å². The second kappa shape index (κ2) is 5.07. The van der Waals surface area contributed by atoms with Gasteiger partial charge in [-0.2, -0.15) is 11.8 Å². The molecule has 1 N–H and O–H groups in total. The van der Waals surface area contributed by atoms with Gasteiger partial charge in [0.1, 0.15) is 5.01 Å². The Balaban J connectivity index is 2.31. The molecule has 4 heteroatoms. The molecule has 2 unspecified atom stereocenters. The molecule has 1 aliphatic heterocycles. The maximum Gasteiger partial charge on any atom is 0.114 e. The maximum absolute atomic E-state index is 4.56. The molecule has 0 saturated carbocycles. The maximum atomic E-state index is 4.56. The van der Waals surface area contributed by atoms with Gasteiger partial charge in [0.2, 0.25) is 0 Å². The van der Waals surface area contributed by atoms with Crippen molar-refractivity contribution in [1.82, 2.24) is 10.3 Å². The fourth-order valence-electron chi connectivity index (χ4n) is 2.45. The molecule has 1 aromatic rings. The number of nitrogens with zero attached hydrogens (tertiary/aromatic N) is 1. The fourth-order valence-corrected chi connectivity index (χ4v) is 4.69. The molecule has 2 nitrogen and oxygen atoms in total. The lowest BCUT2D eigenvalue weighted by Crippen LogP contribution is -2.53. The van der Waals surface area contributed by atoms with E-state index in [4.69, 9.17) is 0 Å². The zero-order valence-corrected chi connectivity index (χ0v) is 11.8. The standard InChI is InChI=1S/C12H20N2S2/c1-9(2)14-12(11-13-6-8-16-11)5-4-7-15-10(12)3/h6,8-10,14H,4-5,7H2,1-3H3. The van der Waals surface area contributed by atoms with Crippen LogP contribution in [-0.2, 0) is 5.54 Å². The van der Waals surface area contributed by atoms with Crippen LogP contribution in [0.2, 0.25) is 0 Å². The first kappa shape index (κ1) is 12.4. The summed E-state index contributed by atoms with van der Waals surface area (Å²) in [6.45, 7) is 6.78. The third kappa shape index (κ3) is 2.29. The summed E-state index contributed by atoms with van der Waals surface area (Å²) in [5, 5.41) is 7.73. The van der Waals surface area contributed by atoms with E-state index in [1.54, 1.807) is 11.3 Å². The van der Waals surface area contributed by atoms with Gasteiger partial charge < -0.3 is 5.32 Å². The summed E-state index contributed by atoms with van der Waals surface area (Å²) in [5.41, 5.74) is 0.102. The summed E-state index contributed by atoms with van der Waals surface area (Å²) in [6.07, 6.45) is 4.43. The first-order valence-electron chi connectivity index (χ1n) is 5.94. The summed E-state index contributed by atoms with van der Waals surface area (Å²) < 4.78 is 0. The Labute approximate surface area is 106 Å². The van der Waals surface area contributed by atoms with Crippen molar-refractivity contribution in [1.29, 1.82) is 0 Å². The number of aromatic nitrogens is 1. The van der Waals surface area contributed by atoms with Gasteiger partial charge in [-0.15, -0.1) is 11.3 Å². The molecule has 0 radical (unpaired) electrons. The van der Waals surface area contributed by atoms with Gasteiger partial charge in [0.15, 0.2) is 0 Å². The number of hydrogen-bond acceptors (Lipinski definition) is 4. The van der Waals surface area contributed by atoms with Crippen LogP contribution in [0.4, 0.5) is 0 Å². The molecule has 1 aliphatic rings. The van der Waals surface area contributed by atoms with E-state index in [9.17, 15) is 0 Å². The highest BCUT2D eigenvalue weighted by molar-refractivity contribution is 8.00. The highest BCUT2D eigenvalue weighted by atomic mass is 32.2. The Kier molecular flexibility index (Phi) is 3.93. The molecule has 0 aliphatic carbocycles. The largest absolute Gasteiger partial charge is 0.302 e. The molecule has 2 heterocycles. The third-order valence-electron chi connectivity index (χ3n) is 3.14. The van der Waals surface area contributed by atoms with Gasteiger partial charge in [0, 0.05) is 22.9 Å². The number of thiazole rings is 1. The van der Waals surface area contributed by atoms with Crippen molar-refractivity contribution in [3.05, 3.63) is 16.6 Å². The summed E-state index contributed by atoms with van der Waals surface area (Å²) >= 11 is 3.86. The lowest BCUT2D eigenvalue weighted by Gasteiger charge is -2.43. The Morgan fingerprint density at radius 3 is 2.94 bits per heavy atom. The van der Waals surface area contributed by atoms with Gasteiger partial charge in [0.25, 0.3) is 0 Å². The third-order valence-corrected chi connectivity index (χ3v) is 5.51. The predicted molar refractivity (Wildman–Crippen MR) is 73.2 cm³/mol. The highest BCUT2D eigenvalue weighted by Crippen LogP contribution is 2.42. The van der Waals surface area contributed by atoms with Gasteiger partial charge in [-0.1, -0.05) is 6.92 Å². The quantitative estimate of drug-likeness (QED) is 0.898. The average molecular weight is 256 g/mol. The number of rotatable bonds is 3. The summed E-state index contributed by atoms with van der Waals surface area (Å²) in [7, 11) is 0. The van der Waals surface area contributed by atoms with Crippen molar-refractivity contribution < 1.29 is 0 Å². The zero-order valence-electron chi connectivity index (χ0n) is 10.2. The van der Waals surface area contributed by atoms with Crippen LogP contribution in [0.1, 0.15) is 38.6 Å². The van der Waals surface area contributed by atoms with Crippen LogP contribution in [0, 0.1) is 0 Å². The van der Waals surface area contributed by atoms with Crippen LogP contribution in [0.3, 0.4) is 0 Å².